The Hall–Kier alpha value is -3.09. The van der Waals surface area contributed by atoms with Gasteiger partial charge in [0, 0.05) is 11.6 Å². The molecule has 2 N–H and O–H groups in total. The van der Waals surface area contributed by atoms with Crippen molar-refractivity contribution in [1.29, 1.82) is 0 Å². The third-order valence-electron chi connectivity index (χ3n) is 5.66. The molecule has 1 aromatic carbocycles. The Balaban J connectivity index is 1.59. The number of hydrogen-bond donors (Lipinski definition) is 2. The number of fused-ring (bicyclic) bond motifs is 1. The number of hydrogen-bond acceptors (Lipinski definition) is 5. The summed E-state index contributed by atoms with van der Waals surface area (Å²) in [5.41, 5.74) is 1.93. The van der Waals surface area contributed by atoms with Crippen LogP contribution in [0.5, 0.6) is 11.5 Å². The van der Waals surface area contributed by atoms with Gasteiger partial charge in [-0.3, -0.25) is 9.89 Å². The Morgan fingerprint density at radius 1 is 1.18 bits per heavy atom. The lowest BCUT2D eigenvalue weighted by Crippen LogP contribution is -2.42. The maximum atomic E-state index is 13.3. The number of H-pyrrole nitrogens is 1. The molecule has 3 aromatic rings. The number of ether oxygens (including phenoxy) is 2. The van der Waals surface area contributed by atoms with E-state index in [0.717, 1.165) is 42.3 Å². The zero-order chi connectivity index (χ0) is 19.6. The van der Waals surface area contributed by atoms with Gasteiger partial charge in [0.05, 0.1) is 31.9 Å². The maximum Gasteiger partial charge on any atom is 0.230 e. The fourth-order valence-electron chi connectivity index (χ4n) is 4.13. The molecular formula is C21H24N4O3. The van der Waals surface area contributed by atoms with Crippen LogP contribution in [0.15, 0.2) is 36.5 Å². The molecule has 2 aromatic heterocycles. The first-order chi connectivity index (χ1) is 13.7. The Morgan fingerprint density at radius 3 is 2.71 bits per heavy atom. The molecule has 7 nitrogen and oxygen atoms in total. The number of aromatic nitrogens is 3. The van der Waals surface area contributed by atoms with Crippen LogP contribution in [0.3, 0.4) is 0 Å². The lowest BCUT2D eigenvalue weighted by Gasteiger charge is -2.29. The molecule has 0 aliphatic heterocycles. The van der Waals surface area contributed by atoms with Crippen LogP contribution in [-0.2, 0) is 16.8 Å². The molecule has 1 saturated carbocycles. The van der Waals surface area contributed by atoms with Gasteiger partial charge in [0.15, 0.2) is 17.1 Å². The van der Waals surface area contributed by atoms with E-state index < -0.39 is 5.41 Å². The molecular weight excluding hydrogens is 356 g/mol. The third kappa shape index (κ3) is 3.06. The molecule has 146 valence electrons. The second-order valence-electron chi connectivity index (χ2n) is 7.12. The Morgan fingerprint density at radius 2 is 1.96 bits per heavy atom. The molecule has 0 spiro atoms. The van der Waals surface area contributed by atoms with Crippen molar-refractivity contribution in [3.05, 3.63) is 47.8 Å². The number of methoxy groups -OCH3 is 2. The predicted molar refractivity (Wildman–Crippen MR) is 105 cm³/mol. The van der Waals surface area contributed by atoms with E-state index in [1.165, 1.54) is 0 Å². The zero-order valence-electron chi connectivity index (χ0n) is 16.1. The highest BCUT2D eigenvalue weighted by molar-refractivity contribution is 5.89. The van der Waals surface area contributed by atoms with Gasteiger partial charge < -0.3 is 14.8 Å². The first kappa shape index (κ1) is 18.3. The summed E-state index contributed by atoms with van der Waals surface area (Å²) >= 11 is 0. The smallest absolute Gasteiger partial charge is 0.230 e. The number of nitrogens with zero attached hydrogens (tertiary/aromatic N) is 2. The third-order valence-corrected chi connectivity index (χ3v) is 5.66. The van der Waals surface area contributed by atoms with Crippen LogP contribution in [0.2, 0.25) is 0 Å². The summed E-state index contributed by atoms with van der Waals surface area (Å²) in [7, 11) is 3.22. The van der Waals surface area contributed by atoms with Crippen molar-refractivity contribution in [2.45, 2.75) is 37.6 Å². The Labute approximate surface area is 163 Å². The van der Waals surface area contributed by atoms with Crippen LogP contribution in [0, 0.1) is 0 Å². The monoisotopic (exact) mass is 380 g/mol. The number of benzene rings is 1. The van der Waals surface area contributed by atoms with Crippen molar-refractivity contribution in [1.82, 2.24) is 20.5 Å². The minimum Gasteiger partial charge on any atom is -0.493 e. The Kier molecular flexibility index (Phi) is 4.90. The van der Waals surface area contributed by atoms with E-state index in [4.69, 9.17) is 9.47 Å². The lowest BCUT2D eigenvalue weighted by molar-refractivity contribution is -0.126. The molecule has 0 unspecified atom stereocenters. The first-order valence-electron chi connectivity index (χ1n) is 9.47. The van der Waals surface area contributed by atoms with Gasteiger partial charge in [-0.05, 0) is 42.7 Å². The fourth-order valence-corrected chi connectivity index (χ4v) is 4.13. The van der Waals surface area contributed by atoms with E-state index >= 15 is 0 Å². The van der Waals surface area contributed by atoms with Crippen LogP contribution in [0.4, 0.5) is 0 Å². The quantitative estimate of drug-likeness (QED) is 0.686. The number of carbonyl (C=O) groups is 1. The van der Waals surface area contributed by atoms with Crippen LogP contribution < -0.4 is 14.8 Å². The topological polar surface area (TPSA) is 89.1 Å². The molecule has 0 saturated heterocycles. The minimum atomic E-state index is -0.548. The molecule has 0 atom stereocenters. The molecule has 7 heteroatoms. The zero-order valence-corrected chi connectivity index (χ0v) is 16.1. The van der Waals surface area contributed by atoms with E-state index in [0.29, 0.717) is 23.7 Å². The SMILES string of the molecule is COc1ccc(C2(C(=O)NCc3[nH]nc4ncccc34)CCCC2)cc1OC. The molecule has 4 rings (SSSR count). The number of aromatic amines is 1. The Bertz CT molecular complexity index is 992. The van der Waals surface area contributed by atoms with E-state index in [2.05, 4.69) is 20.5 Å². The summed E-state index contributed by atoms with van der Waals surface area (Å²) in [4.78, 5) is 17.5. The number of pyridine rings is 1. The largest absolute Gasteiger partial charge is 0.493 e. The lowest BCUT2D eigenvalue weighted by atomic mass is 9.77. The summed E-state index contributed by atoms with van der Waals surface area (Å²) in [5, 5.41) is 11.2. The van der Waals surface area contributed by atoms with Crippen molar-refractivity contribution < 1.29 is 14.3 Å². The van der Waals surface area contributed by atoms with E-state index in [1.54, 1.807) is 20.4 Å². The van der Waals surface area contributed by atoms with Gasteiger partial charge in [-0.1, -0.05) is 18.9 Å². The van der Waals surface area contributed by atoms with Crippen LogP contribution in [0.25, 0.3) is 11.0 Å². The van der Waals surface area contributed by atoms with Gasteiger partial charge in [0.1, 0.15) is 0 Å². The minimum absolute atomic E-state index is 0.0314. The van der Waals surface area contributed by atoms with Crippen molar-refractivity contribution in [3.63, 3.8) is 0 Å². The van der Waals surface area contributed by atoms with Gasteiger partial charge in [-0.25, -0.2) is 4.98 Å². The molecule has 28 heavy (non-hydrogen) atoms. The van der Waals surface area contributed by atoms with Gasteiger partial charge in [0.25, 0.3) is 0 Å². The standard InChI is InChI=1S/C21H24N4O3/c1-27-17-8-7-14(12-18(17)28-2)21(9-3-4-10-21)20(26)23-13-16-15-6-5-11-22-19(15)25-24-16/h5-8,11-12H,3-4,9-10,13H2,1-2H3,(H,23,26)(H,22,24,25). The molecule has 2 heterocycles. The number of nitrogens with one attached hydrogen (secondary N) is 2. The van der Waals surface area contributed by atoms with E-state index in [9.17, 15) is 4.79 Å². The molecule has 1 amide bonds. The van der Waals surface area contributed by atoms with Gasteiger partial charge >= 0.3 is 0 Å². The van der Waals surface area contributed by atoms with Crippen molar-refractivity contribution in [2.24, 2.45) is 0 Å². The van der Waals surface area contributed by atoms with Crippen molar-refractivity contribution >= 4 is 16.9 Å². The van der Waals surface area contributed by atoms with Gasteiger partial charge in [0.2, 0.25) is 5.91 Å². The van der Waals surface area contributed by atoms with Crippen molar-refractivity contribution in [3.8, 4) is 11.5 Å². The highest BCUT2D eigenvalue weighted by Crippen LogP contribution is 2.44. The second-order valence-corrected chi connectivity index (χ2v) is 7.12. The summed E-state index contributed by atoms with van der Waals surface area (Å²) in [6, 6.07) is 9.59. The summed E-state index contributed by atoms with van der Waals surface area (Å²) in [5.74, 6) is 1.34. The second kappa shape index (κ2) is 7.50. The summed E-state index contributed by atoms with van der Waals surface area (Å²) in [6.45, 7) is 0.385. The molecule has 1 aliphatic rings. The molecule has 0 radical (unpaired) electrons. The van der Waals surface area contributed by atoms with Crippen LogP contribution in [-0.4, -0.2) is 35.3 Å². The normalized spacial score (nSPS) is 15.5. The first-order valence-corrected chi connectivity index (χ1v) is 9.47. The number of carbonyl (C=O) groups excluding carboxylic acids is 1. The average Bonchev–Trinajstić information content (AvgIpc) is 3.39. The summed E-state index contributed by atoms with van der Waals surface area (Å²) < 4.78 is 10.8. The highest BCUT2D eigenvalue weighted by Gasteiger charge is 2.43. The van der Waals surface area contributed by atoms with Gasteiger partial charge in [-0.15, -0.1) is 0 Å². The average molecular weight is 380 g/mol. The molecule has 0 bridgehead atoms. The van der Waals surface area contributed by atoms with E-state index in [1.807, 2.05) is 30.3 Å². The van der Waals surface area contributed by atoms with Crippen LogP contribution >= 0.6 is 0 Å². The molecule has 1 fully saturated rings. The number of rotatable bonds is 6. The fraction of sp³-hybridized carbons (Fsp3) is 0.381. The predicted octanol–water partition coefficient (Wildman–Crippen LogP) is 3.10. The van der Waals surface area contributed by atoms with Crippen molar-refractivity contribution in [2.75, 3.05) is 14.2 Å². The maximum absolute atomic E-state index is 13.3. The highest BCUT2D eigenvalue weighted by atomic mass is 16.5. The molecule has 1 aliphatic carbocycles. The van der Waals surface area contributed by atoms with Gasteiger partial charge in [-0.2, -0.15) is 5.10 Å². The van der Waals surface area contributed by atoms with Crippen LogP contribution in [0.1, 0.15) is 36.9 Å². The number of amides is 1. The van der Waals surface area contributed by atoms with E-state index in [-0.39, 0.29) is 5.91 Å². The summed E-state index contributed by atoms with van der Waals surface area (Å²) in [6.07, 6.45) is 5.40.